The number of carbonyl (C=O) groups excluding carboxylic acids is 2. The van der Waals surface area contributed by atoms with Gasteiger partial charge >= 0.3 is 12.1 Å². The number of hydrogen-bond donors (Lipinski definition) is 1. The maximum absolute atomic E-state index is 12.3. The molecule has 3 saturated heterocycles. The quantitative estimate of drug-likeness (QED) is 0.509. The van der Waals surface area contributed by atoms with Gasteiger partial charge < -0.3 is 15.4 Å². The Kier molecular flexibility index (Phi) is 3.70. The van der Waals surface area contributed by atoms with Gasteiger partial charge in [0.1, 0.15) is 0 Å². The normalized spacial score (nSPS) is 24.8. The van der Waals surface area contributed by atoms with E-state index in [0.717, 1.165) is 38.0 Å². The third kappa shape index (κ3) is 2.65. The van der Waals surface area contributed by atoms with E-state index >= 15 is 0 Å². The van der Waals surface area contributed by atoms with Crippen LogP contribution in [0.1, 0.15) is 34.9 Å². The smallest absolute Gasteiger partial charge is 0.371 e. The molecule has 0 saturated carbocycles. The highest BCUT2D eigenvalue weighted by molar-refractivity contribution is 6.05. The Labute approximate surface area is 144 Å². The van der Waals surface area contributed by atoms with Crippen molar-refractivity contribution in [2.24, 2.45) is 11.7 Å². The van der Waals surface area contributed by atoms with Gasteiger partial charge in [-0.2, -0.15) is 5.10 Å². The number of piperidine rings is 3. The Hall–Kier alpha value is -2.85. The summed E-state index contributed by atoms with van der Waals surface area (Å²) in [5.74, 6) is 2.23. The Morgan fingerprint density at radius 1 is 1.32 bits per heavy atom. The number of nitrogens with zero attached hydrogens (tertiary/aromatic N) is 3. The van der Waals surface area contributed by atoms with E-state index in [4.69, 9.17) is 12.2 Å². The summed E-state index contributed by atoms with van der Waals surface area (Å²) in [6, 6.07) is 5.61. The number of nitrogens with two attached hydrogens (primary N) is 1. The zero-order chi connectivity index (χ0) is 17.6. The van der Waals surface area contributed by atoms with Crippen molar-refractivity contribution in [3.05, 3.63) is 29.5 Å². The molecule has 2 bridgehead atoms. The number of fused-ring (bicyclic) bond motifs is 4. The maximum Gasteiger partial charge on any atom is 0.412 e. The van der Waals surface area contributed by atoms with Crippen LogP contribution in [0.2, 0.25) is 0 Å². The Morgan fingerprint density at radius 3 is 2.68 bits per heavy atom. The number of hydrogen-bond acceptors (Lipinski definition) is 5. The zero-order valence-electron chi connectivity index (χ0n) is 13.6. The monoisotopic (exact) mass is 338 g/mol. The van der Waals surface area contributed by atoms with Crippen molar-refractivity contribution in [3.8, 4) is 12.3 Å². The largest absolute Gasteiger partial charge is 0.412 e. The third-order valence-electron chi connectivity index (χ3n) is 5.20. The van der Waals surface area contributed by atoms with Crippen molar-refractivity contribution in [2.45, 2.75) is 18.9 Å². The van der Waals surface area contributed by atoms with Gasteiger partial charge in [-0.1, -0.05) is 5.92 Å². The van der Waals surface area contributed by atoms with Gasteiger partial charge in [0.15, 0.2) is 5.69 Å². The van der Waals surface area contributed by atoms with E-state index < -0.39 is 12.1 Å². The average molecular weight is 338 g/mol. The molecule has 1 aromatic heterocycles. The summed E-state index contributed by atoms with van der Waals surface area (Å²) >= 11 is 0. The number of carbonyl (C=O) groups is 2. The van der Waals surface area contributed by atoms with Crippen LogP contribution in [0.5, 0.6) is 0 Å². The molecule has 7 nitrogen and oxygen atoms in total. The van der Waals surface area contributed by atoms with E-state index in [2.05, 4.69) is 20.7 Å². The number of amides is 1. The minimum Gasteiger partial charge on any atom is -0.371 e. The summed E-state index contributed by atoms with van der Waals surface area (Å²) in [4.78, 5) is 25.6. The van der Waals surface area contributed by atoms with Crippen molar-refractivity contribution in [3.63, 3.8) is 0 Å². The van der Waals surface area contributed by atoms with Gasteiger partial charge in [-0.3, -0.25) is 4.68 Å². The first kappa shape index (κ1) is 15.7. The number of primary amides is 1. The lowest BCUT2D eigenvalue weighted by Crippen LogP contribution is -2.48. The number of rotatable bonds is 2. The van der Waals surface area contributed by atoms with Crippen LogP contribution in [0, 0.1) is 18.3 Å². The predicted molar refractivity (Wildman–Crippen MR) is 90.9 cm³/mol. The van der Waals surface area contributed by atoms with Crippen LogP contribution in [0.25, 0.3) is 10.9 Å². The highest BCUT2D eigenvalue weighted by Gasteiger charge is 2.37. The molecule has 2 aromatic rings. The van der Waals surface area contributed by atoms with Crippen LogP contribution in [0.4, 0.5) is 4.79 Å². The first-order valence-corrected chi connectivity index (χ1v) is 8.29. The van der Waals surface area contributed by atoms with Crippen molar-refractivity contribution >= 4 is 23.0 Å². The molecular weight excluding hydrogens is 320 g/mol. The van der Waals surface area contributed by atoms with Crippen LogP contribution in [0.15, 0.2) is 18.2 Å². The Bertz CT molecular complexity index is 903. The van der Waals surface area contributed by atoms with E-state index in [-0.39, 0.29) is 11.7 Å². The number of terminal acetylenes is 1. The second kappa shape index (κ2) is 5.90. The molecule has 0 spiro atoms. The molecule has 0 unspecified atom stereocenters. The molecule has 1 amide bonds. The van der Waals surface area contributed by atoms with Crippen LogP contribution >= 0.6 is 0 Å². The van der Waals surface area contributed by atoms with Crippen LogP contribution in [-0.4, -0.2) is 46.4 Å². The second-order valence-corrected chi connectivity index (χ2v) is 6.58. The second-order valence-electron chi connectivity index (χ2n) is 6.58. The molecule has 7 heteroatoms. The average Bonchev–Trinajstić information content (AvgIpc) is 3.00. The molecule has 4 heterocycles. The highest BCUT2D eigenvalue weighted by Crippen LogP contribution is 2.37. The predicted octanol–water partition coefficient (Wildman–Crippen LogP) is 1.52. The molecule has 2 N–H and O–H groups in total. The number of esters is 1. The first-order chi connectivity index (χ1) is 12.1. The van der Waals surface area contributed by atoms with Gasteiger partial charge in [-0.25, -0.2) is 9.59 Å². The molecule has 0 radical (unpaired) electrons. The molecule has 3 fully saturated rings. The third-order valence-corrected chi connectivity index (χ3v) is 5.20. The van der Waals surface area contributed by atoms with Gasteiger partial charge in [0, 0.05) is 17.5 Å². The molecule has 3 aliphatic rings. The summed E-state index contributed by atoms with van der Waals surface area (Å²) in [5, 5.41) is 5.08. The molecule has 25 heavy (non-hydrogen) atoms. The van der Waals surface area contributed by atoms with Gasteiger partial charge in [-0.05, 0) is 50.0 Å². The fourth-order valence-corrected chi connectivity index (χ4v) is 3.98. The van der Waals surface area contributed by atoms with E-state index in [1.807, 2.05) is 16.8 Å². The summed E-state index contributed by atoms with van der Waals surface area (Å²) in [7, 11) is 0. The minimum absolute atomic E-state index is 0.0716. The fourth-order valence-electron chi connectivity index (χ4n) is 3.98. The zero-order valence-corrected chi connectivity index (χ0v) is 13.6. The number of ether oxygens (including phenoxy) is 1. The van der Waals surface area contributed by atoms with Crippen molar-refractivity contribution in [2.75, 3.05) is 19.6 Å². The Balaban J connectivity index is 1.83. The molecule has 3 aliphatic heterocycles. The van der Waals surface area contributed by atoms with E-state index in [1.165, 1.54) is 0 Å². The summed E-state index contributed by atoms with van der Waals surface area (Å²) in [5.41, 5.74) is 6.49. The number of benzene rings is 1. The summed E-state index contributed by atoms with van der Waals surface area (Å²) < 4.78 is 6.43. The van der Waals surface area contributed by atoms with Crippen LogP contribution in [-0.2, 0) is 4.74 Å². The molecule has 128 valence electrons. The number of aromatic nitrogens is 2. The van der Waals surface area contributed by atoms with E-state index in [0.29, 0.717) is 16.9 Å². The van der Waals surface area contributed by atoms with E-state index in [1.54, 1.807) is 6.07 Å². The lowest BCUT2D eigenvalue weighted by atomic mass is 9.84. The maximum atomic E-state index is 12.3. The standard InChI is InChI=1S/C18H18N4O3/c1-2-11-3-4-14-13(9-11)16(17(23)25-18(19)24)20-22(14)15-10-21-7-5-12(15)6-8-21/h1,3-4,9,12,15H,5-8,10H2,(H2,19,24)/t15-/m0/s1. The highest BCUT2D eigenvalue weighted by atomic mass is 16.6. The molecule has 1 atom stereocenters. The van der Waals surface area contributed by atoms with E-state index in [9.17, 15) is 9.59 Å². The summed E-state index contributed by atoms with van der Waals surface area (Å²) in [6.45, 7) is 3.12. The SMILES string of the molecule is C#Cc1ccc2c(c1)c(C(=O)OC(N)=O)nn2[C@H]1CN2CCC1CC2. The Morgan fingerprint density at radius 2 is 2.08 bits per heavy atom. The lowest BCUT2D eigenvalue weighted by Gasteiger charge is -2.44. The van der Waals surface area contributed by atoms with Crippen molar-refractivity contribution in [1.82, 2.24) is 14.7 Å². The van der Waals surface area contributed by atoms with Crippen molar-refractivity contribution in [1.29, 1.82) is 0 Å². The van der Waals surface area contributed by atoms with Crippen LogP contribution in [0.3, 0.4) is 0 Å². The topological polar surface area (TPSA) is 90.5 Å². The minimum atomic E-state index is -1.15. The first-order valence-electron chi connectivity index (χ1n) is 8.29. The fraction of sp³-hybridized carbons (Fsp3) is 0.389. The molecule has 5 rings (SSSR count). The van der Waals surface area contributed by atoms with Gasteiger partial charge in [0.2, 0.25) is 0 Å². The molecular formula is C18H18N4O3. The molecule has 1 aromatic carbocycles. The van der Waals surface area contributed by atoms with Crippen LogP contribution < -0.4 is 5.73 Å². The van der Waals surface area contributed by atoms with Gasteiger partial charge in [-0.15, -0.1) is 6.42 Å². The van der Waals surface area contributed by atoms with Gasteiger partial charge in [0.25, 0.3) is 0 Å². The lowest BCUT2D eigenvalue weighted by molar-refractivity contribution is 0.0518. The summed E-state index contributed by atoms with van der Waals surface area (Å²) in [6.07, 6.45) is 6.56. The van der Waals surface area contributed by atoms with Crippen molar-refractivity contribution < 1.29 is 14.3 Å². The molecule has 0 aliphatic carbocycles. The van der Waals surface area contributed by atoms with Gasteiger partial charge in [0.05, 0.1) is 11.6 Å².